The lowest BCUT2D eigenvalue weighted by atomic mass is 9.89. The van der Waals surface area contributed by atoms with Gasteiger partial charge >= 0.3 is 6.09 Å². The second kappa shape index (κ2) is 17.3. The molecule has 0 unspecified atom stereocenters. The van der Waals surface area contributed by atoms with E-state index in [9.17, 15) is 23.1 Å². The Labute approximate surface area is 274 Å². The van der Waals surface area contributed by atoms with Gasteiger partial charge in [0, 0.05) is 24.7 Å². The molecule has 0 fully saturated rings. The monoisotopic (exact) mass is 658 g/mol. The Hall–Kier alpha value is -3.67. The molecule has 2 rings (SSSR count). The van der Waals surface area contributed by atoms with Gasteiger partial charge in [-0.2, -0.15) is 4.31 Å². The highest BCUT2D eigenvalue weighted by Crippen LogP contribution is 2.34. The van der Waals surface area contributed by atoms with Crippen molar-refractivity contribution in [3.63, 3.8) is 0 Å². The highest BCUT2D eigenvalue weighted by Gasteiger charge is 2.38. The number of unbranched alkanes of at least 4 members (excludes halogenated alkanes) is 2. The second-order valence-corrected chi connectivity index (χ2v) is 14.7. The number of ether oxygens (including phenoxy) is 3. The SMILES string of the molecule is C=CCCCCOc1cc(OC)ccc1S(=O)(=O)N(C[C@@H](O)[C@@H](NC(=O)OC(C)(C)C)C(=O)c1ccccc1)CC(C)(C)CC=C. The van der Waals surface area contributed by atoms with Crippen LogP contribution >= 0.6 is 0 Å². The Morgan fingerprint density at radius 3 is 2.28 bits per heavy atom. The van der Waals surface area contributed by atoms with Crippen LogP contribution in [0.2, 0.25) is 0 Å². The Morgan fingerprint density at radius 2 is 1.70 bits per heavy atom. The van der Waals surface area contributed by atoms with E-state index in [1.54, 1.807) is 57.2 Å². The minimum Gasteiger partial charge on any atom is -0.497 e. The molecule has 46 heavy (non-hydrogen) atoms. The van der Waals surface area contributed by atoms with Gasteiger partial charge in [0.2, 0.25) is 10.0 Å². The summed E-state index contributed by atoms with van der Waals surface area (Å²) in [5.41, 5.74) is -1.26. The number of carbonyl (C=O) groups is 2. The molecule has 10 nitrogen and oxygen atoms in total. The predicted octanol–water partition coefficient (Wildman–Crippen LogP) is 6.16. The summed E-state index contributed by atoms with van der Waals surface area (Å²) < 4.78 is 46.7. The van der Waals surface area contributed by atoms with E-state index in [0.29, 0.717) is 18.6 Å². The molecule has 11 heteroatoms. The average molecular weight is 659 g/mol. The molecule has 0 aliphatic carbocycles. The van der Waals surface area contributed by atoms with Crippen LogP contribution in [0.15, 0.2) is 78.7 Å². The van der Waals surface area contributed by atoms with Crippen molar-refractivity contribution in [3.05, 3.63) is 79.4 Å². The van der Waals surface area contributed by atoms with Gasteiger partial charge in [0.05, 0.1) is 19.8 Å². The highest BCUT2D eigenvalue weighted by molar-refractivity contribution is 7.89. The number of allylic oxidation sites excluding steroid dienone is 2. The molecule has 2 atom stereocenters. The van der Waals surface area contributed by atoms with E-state index >= 15 is 0 Å². The van der Waals surface area contributed by atoms with Crippen molar-refractivity contribution < 1.29 is 37.3 Å². The number of methoxy groups -OCH3 is 1. The second-order valence-electron chi connectivity index (χ2n) is 12.8. The number of rotatable bonds is 19. The Bertz CT molecular complexity index is 1420. The molecule has 0 heterocycles. The first-order valence-electron chi connectivity index (χ1n) is 15.3. The summed E-state index contributed by atoms with van der Waals surface area (Å²) in [6, 6.07) is 11.1. The molecule has 0 bridgehead atoms. The lowest BCUT2D eigenvalue weighted by molar-refractivity contribution is 0.0373. The van der Waals surface area contributed by atoms with Crippen LogP contribution in [-0.2, 0) is 14.8 Å². The molecule has 1 amide bonds. The van der Waals surface area contributed by atoms with Gasteiger partial charge in [-0.25, -0.2) is 13.2 Å². The Morgan fingerprint density at radius 1 is 1.02 bits per heavy atom. The fourth-order valence-corrected chi connectivity index (χ4v) is 6.46. The fourth-order valence-electron chi connectivity index (χ4n) is 4.70. The van der Waals surface area contributed by atoms with E-state index in [1.807, 2.05) is 19.9 Å². The maximum Gasteiger partial charge on any atom is 0.408 e. The van der Waals surface area contributed by atoms with Gasteiger partial charge in [0.1, 0.15) is 28.0 Å². The molecule has 0 aliphatic heterocycles. The van der Waals surface area contributed by atoms with Crippen LogP contribution in [0, 0.1) is 5.41 Å². The molecule has 2 N–H and O–H groups in total. The van der Waals surface area contributed by atoms with E-state index in [4.69, 9.17) is 14.2 Å². The maximum absolute atomic E-state index is 14.4. The highest BCUT2D eigenvalue weighted by atomic mass is 32.2. The number of benzene rings is 2. The molecule has 2 aromatic carbocycles. The smallest absolute Gasteiger partial charge is 0.408 e. The van der Waals surface area contributed by atoms with Crippen molar-refractivity contribution >= 4 is 21.9 Å². The summed E-state index contributed by atoms with van der Waals surface area (Å²) in [6.07, 6.45) is 3.69. The third-order valence-corrected chi connectivity index (χ3v) is 8.77. The third-order valence-electron chi connectivity index (χ3n) is 6.92. The van der Waals surface area contributed by atoms with Gasteiger partial charge < -0.3 is 24.6 Å². The summed E-state index contributed by atoms with van der Waals surface area (Å²) in [6.45, 7) is 16.0. The number of alkyl carbamates (subject to hydrolysis) is 1. The van der Waals surface area contributed by atoms with Crippen molar-refractivity contribution in [2.24, 2.45) is 5.41 Å². The van der Waals surface area contributed by atoms with E-state index < -0.39 is 51.6 Å². The zero-order chi connectivity index (χ0) is 34.5. The van der Waals surface area contributed by atoms with Gasteiger partial charge in [-0.15, -0.1) is 13.2 Å². The molecule has 0 aromatic heterocycles. The number of carbonyl (C=O) groups excluding carboxylic acids is 2. The van der Waals surface area contributed by atoms with Crippen LogP contribution in [0.25, 0.3) is 0 Å². The standard InChI is InChI=1S/C35H50N2O8S/c1-9-11-12-16-22-44-29-23-27(43-8)19-20-30(29)46(41,42)37(25-35(6,7)21-10-2)24-28(38)31(36-33(40)45-34(3,4)5)32(39)26-17-14-13-15-18-26/h9-10,13-15,17-20,23,28,31,38H,1-2,11-12,16,21-22,24-25H2,3-8H3,(H,36,40)/t28-,31-/m1/s1. The van der Waals surface area contributed by atoms with E-state index in [-0.39, 0.29) is 29.4 Å². The zero-order valence-electron chi connectivity index (χ0n) is 28.0. The van der Waals surface area contributed by atoms with Gasteiger partial charge in [0.15, 0.2) is 5.78 Å². The number of hydrogen-bond donors (Lipinski definition) is 2. The Balaban J connectivity index is 2.57. The lowest BCUT2D eigenvalue weighted by Crippen LogP contribution is -2.55. The van der Waals surface area contributed by atoms with E-state index in [1.165, 1.54) is 25.3 Å². The van der Waals surface area contributed by atoms with Crippen molar-refractivity contribution in [1.29, 1.82) is 0 Å². The van der Waals surface area contributed by atoms with Crippen LogP contribution in [0.4, 0.5) is 4.79 Å². The molecular weight excluding hydrogens is 608 g/mol. The Kier molecular flexibility index (Phi) is 14.5. The molecular formula is C35H50N2O8S. The van der Waals surface area contributed by atoms with Crippen LogP contribution in [0.5, 0.6) is 11.5 Å². The van der Waals surface area contributed by atoms with Crippen LogP contribution in [-0.4, -0.2) is 74.3 Å². The van der Waals surface area contributed by atoms with Crippen LogP contribution < -0.4 is 14.8 Å². The summed E-state index contributed by atoms with van der Waals surface area (Å²) in [7, 11) is -2.87. The first-order valence-corrected chi connectivity index (χ1v) is 16.8. The molecule has 0 spiro atoms. The van der Waals surface area contributed by atoms with Gasteiger partial charge in [-0.3, -0.25) is 4.79 Å². The first-order chi connectivity index (χ1) is 21.5. The van der Waals surface area contributed by atoms with E-state index in [2.05, 4.69) is 18.5 Å². The summed E-state index contributed by atoms with van der Waals surface area (Å²) in [5, 5.41) is 14.1. The molecule has 0 saturated carbocycles. The molecule has 2 aromatic rings. The molecule has 0 radical (unpaired) electrons. The minimum absolute atomic E-state index is 0.0398. The average Bonchev–Trinajstić information content (AvgIpc) is 2.98. The predicted molar refractivity (Wildman–Crippen MR) is 180 cm³/mol. The normalized spacial score (nSPS) is 13.4. The number of aliphatic hydroxyl groups excluding tert-OH is 1. The fraction of sp³-hybridized carbons (Fsp3) is 0.486. The topological polar surface area (TPSA) is 131 Å². The van der Waals surface area contributed by atoms with Gasteiger partial charge in [-0.05, 0) is 64.0 Å². The van der Waals surface area contributed by atoms with Crippen molar-refractivity contribution in [2.75, 3.05) is 26.8 Å². The zero-order valence-corrected chi connectivity index (χ0v) is 28.8. The van der Waals surface area contributed by atoms with Crippen molar-refractivity contribution in [3.8, 4) is 11.5 Å². The molecule has 0 saturated heterocycles. The number of Topliss-reactive ketones (excluding diaryl/α,β-unsaturated/α-hetero) is 1. The quantitative estimate of drug-likeness (QED) is 0.104. The largest absolute Gasteiger partial charge is 0.497 e. The number of sulfonamides is 1. The number of aliphatic hydroxyl groups is 1. The van der Waals surface area contributed by atoms with Gasteiger partial charge in [0.25, 0.3) is 0 Å². The first kappa shape index (κ1) is 38.5. The lowest BCUT2D eigenvalue weighted by Gasteiger charge is -2.34. The third kappa shape index (κ3) is 11.9. The maximum atomic E-state index is 14.4. The number of ketones is 1. The number of amides is 1. The summed E-state index contributed by atoms with van der Waals surface area (Å²) in [5.74, 6) is -0.0916. The van der Waals surface area contributed by atoms with Crippen LogP contribution in [0.1, 0.15) is 70.7 Å². The van der Waals surface area contributed by atoms with Crippen molar-refractivity contribution in [1.82, 2.24) is 9.62 Å². The van der Waals surface area contributed by atoms with Crippen molar-refractivity contribution in [2.45, 2.75) is 82.9 Å². The number of hydrogen-bond acceptors (Lipinski definition) is 8. The molecule has 254 valence electrons. The van der Waals surface area contributed by atoms with Crippen LogP contribution in [0.3, 0.4) is 0 Å². The number of nitrogens with one attached hydrogen (secondary N) is 1. The van der Waals surface area contributed by atoms with E-state index in [0.717, 1.165) is 17.1 Å². The van der Waals surface area contributed by atoms with Gasteiger partial charge in [-0.1, -0.05) is 56.3 Å². The summed E-state index contributed by atoms with van der Waals surface area (Å²) in [4.78, 5) is 26.3. The molecule has 0 aliphatic rings. The minimum atomic E-state index is -4.34. The number of nitrogens with zero attached hydrogens (tertiary/aromatic N) is 1. The summed E-state index contributed by atoms with van der Waals surface area (Å²) >= 11 is 0.